The summed E-state index contributed by atoms with van der Waals surface area (Å²) in [5, 5.41) is 8.71. The highest BCUT2D eigenvalue weighted by Crippen LogP contribution is 2.49. The molecule has 0 fully saturated rings. The van der Waals surface area contributed by atoms with Gasteiger partial charge in [-0.1, -0.05) is 146 Å². The number of aryl methyl sites for hydroxylation is 1. The van der Waals surface area contributed by atoms with E-state index in [0.717, 1.165) is 90.1 Å². The third-order valence-electron chi connectivity index (χ3n) is 14.7. The molecular weight excluding hydrogens is 857 g/mol. The molecule has 1 atom stereocenters. The molecule has 1 aliphatic carbocycles. The second kappa shape index (κ2) is 15.2. The van der Waals surface area contributed by atoms with Crippen molar-refractivity contribution in [3.63, 3.8) is 0 Å². The van der Waals surface area contributed by atoms with Crippen LogP contribution in [0.5, 0.6) is 0 Å². The largest absolute Gasteiger partial charge is 0.456 e. The maximum absolute atomic E-state index is 6.69. The summed E-state index contributed by atoms with van der Waals surface area (Å²) in [5.41, 5.74) is 15.6. The van der Waals surface area contributed by atoms with E-state index in [2.05, 4.69) is 187 Å². The van der Waals surface area contributed by atoms with Crippen molar-refractivity contribution in [3.8, 4) is 51.0 Å². The summed E-state index contributed by atoms with van der Waals surface area (Å²) in [4.78, 5) is 16.6. The summed E-state index contributed by atoms with van der Waals surface area (Å²) in [6.45, 7) is 0. The summed E-state index contributed by atoms with van der Waals surface area (Å²) >= 11 is 0. The van der Waals surface area contributed by atoms with Gasteiger partial charge in [0.2, 0.25) is 0 Å². The Bertz CT molecular complexity index is 4450. The summed E-state index contributed by atoms with van der Waals surface area (Å²) in [6.07, 6.45) is 1.95. The Hall–Kier alpha value is -9.13. The second-order valence-corrected chi connectivity index (χ2v) is 18.6. The molecule has 0 saturated heterocycles. The molecule has 1 unspecified atom stereocenters. The molecule has 10 aromatic carbocycles. The molecule has 15 rings (SSSR count). The van der Waals surface area contributed by atoms with Crippen molar-refractivity contribution in [1.29, 1.82) is 0 Å². The number of nitrogens with zero attached hydrogens (tertiary/aromatic N) is 4. The first-order valence-electron chi connectivity index (χ1n) is 24.0. The second-order valence-electron chi connectivity index (χ2n) is 18.6. The molecule has 70 heavy (non-hydrogen) atoms. The molecule has 6 nitrogen and oxygen atoms in total. The van der Waals surface area contributed by atoms with Gasteiger partial charge in [-0.3, -0.25) is 0 Å². The van der Waals surface area contributed by atoms with Crippen LogP contribution >= 0.6 is 0 Å². The lowest BCUT2D eigenvalue weighted by atomic mass is 9.90. The zero-order valence-electron chi connectivity index (χ0n) is 37.8. The van der Waals surface area contributed by atoms with Crippen LogP contribution in [-0.4, -0.2) is 19.5 Å². The van der Waals surface area contributed by atoms with Crippen molar-refractivity contribution >= 4 is 76.5 Å². The predicted octanol–water partition coefficient (Wildman–Crippen LogP) is 16.7. The van der Waals surface area contributed by atoms with E-state index in [1.54, 1.807) is 0 Å². The Morgan fingerprint density at radius 1 is 0.400 bits per heavy atom. The third kappa shape index (κ3) is 5.96. The van der Waals surface area contributed by atoms with Crippen LogP contribution < -0.4 is 0 Å². The van der Waals surface area contributed by atoms with Gasteiger partial charge in [0.25, 0.3) is 0 Å². The topological polar surface area (TPSA) is 69.9 Å². The number of fused-ring (bicyclic) bond motifs is 13. The van der Waals surface area contributed by atoms with Gasteiger partial charge >= 0.3 is 0 Å². The fourth-order valence-corrected chi connectivity index (χ4v) is 11.5. The number of benzene rings is 10. The fraction of sp³-hybridized carbons (Fsp3) is 0.0469. The van der Waals surface area contributed by atoms with Crippen LogP contribution in [0.25, 0.3) is 127 Å². The summed E-state index contributed by atoms with van der Waals surface area (Å²) in [5.74, 6) is 1.94. The quantitative estimate of drug-likeness (QED) is 0.159. The van der Waals surface area contributed by atoms with Gasteiger partial charge in [-0.25, -0.2) is 15.0 Å². The maximum Gasteiger partial charge on any atom is 0.166 e. The van der Waals surface area contributed by atoms with Crippen molar-refractivity contribution in [3.05, 3.63) is 229 Å². The lowest BCUT2D eigenvalue weighted by Crippen LogP contribution is -2.05. The van der Waals surface area contributed by atoms with Crippen LogP contribution in [0.2, 0.25) is 0 Å². The molecular formula is C64H40N4O2. The molecule has 4 aromatic heterocycles. The van der Waals surface area contributed by atoms with E-state index in [0.29, 0.717) is 17.5 Å². The third-order valence-corrected chi connectivity index (χ3v) is 14.7. The Morgan fingerprint density at radius 3 is 1.87 bits per heavy atom. The SMILES string of the molecule is c1ccc(CCC2c3ccccc3-c3ccc(-c4nc(-c5ccc6oc7ccccc7c6c5)nc(-c5c(-n6c7ccccc7c7cc8ccccc8cc76)ccc6oc7ccccc7c56)n4)cc32)cc1. The molecule has 0 N–H and O–H groups in total. The lowest BCUT2D eigenvalue weighted by Gasteiger charge is -2.17. The lowest BCUT2D eigenvalue weighted by molar-refractivity contribution is 0.668. The van der Waals surface area contributed by atoms with E-state index in [4.69, 9.17) is 23.8 Å². The fourth-order valence-electron chi connectivity index (χ4n) is 11.5. The number of hydrogen-bond donors (Lipinski definition) is 0. The van der Waals surface area contributed by atoms with Crippen LogP contribution in [0.15, 0.2) is 221 Å². The zero-order valence-corrected chi connectivity index (χ0v) is 37.8. The van der Waals surface area contributed by atoms with Gasteiger partial charge in [0.05, 0.1) is 22.3 Å². The first-order chi connectivity index (χ1) is 34.7. The van der Waals surface area contributed by atoms with E-state index in [9.17, 15) is 0 Å². The number of hydrogen-bond acceptors (Lipinski definition) is 5. The number of rotatable bonds is 7. The average molecular weight is 897 g/mol. The normalized spacial score (nSPS) is 13.4. The minimum atomic E-state index is 0.216. The molecule has 0 bridgehead atoms. The Morgan fingerprint density at radius 2 is 1.01 bits per heavy atom. The van der Waals surface area contributed by atoms with Gasteiger partial charge in [0.1, 0.15) is 22.3 Å². The van der Waals surface area contributed by atoms with Gasteiger partial charge in [0.15, 0.2) is 17.5 Å². The first kappa shape index (κ1) is 38.9. The van der Waals surface area contributed by atoms with Crippen LogP contribution in [0, 0.1) is 0 Å². The van der Waals surface area contributed by atoms with Gasteiger partial charge in [-0.2, -0.15) is 0 Å². The summed E-state index contributed by atoms with van der Waals surface area (Å²) < 4.78 is 15.4. The number of para-hydroxylation sites is 3. The van der Waals surface area contributed by atoms with E-state index < -0.39 is 0 Å². The molecule has 14 aromatic rings. The van der Waals surface area contributed by atoms with Crippen molar-refractivity contribution < 1.29 is 8.83 Å². The molecule has 0 saturated carbocycles. The van der Waals surface area contributed by atoms with Crippen molar-refractivity contribution in [2.75, 3.05) is 0 Å². The average Bonchev–Trinajstić information content (AvgIpc) is 4.17. The van der Waals surface area contributed by atoms with E-state index in [1.165, 1.54) is 49.4 Å². The molecule has 0 aliphatic heterocycles. The highest BCUT2D eigenvalue weighted by atomic mass is 16.3. The van der Waals surface area contributed by atoms with Crippen molar-refractivity contribution in [2.24, 2.45) is 0 Å². The van der Waals surface area contributed by atoms with Gasteiger partial charge in [-0.15, -0.1) is 0 Å². The van der Waals surface area contributed by atoms with Crippen LogP contribution in [-0.2, 0) is 6.42 Å². The highest BCUT2D eigenvalue weighted by molar-refractivity contribution is 6.17. The molecule has 0 amide bonds. The Labute approximate surface area is 401 Å². The van der Waals surface area contributed by atoms with Crippen LogP contribution in [0.4, 0.5) is 0 Å². The molecule has 0 spiro atoms. The number of furan rings is 2. The minimum Gasteiger partial charge on any atom is -0.456 e. The van der Waals surface area contributed by atoms with Crippen LogP contribution in [0.1, 0.15) is 29.0 Å². The zero-order chi connectivity index (χ0) is 45.9. The Kier molecular flexibility index (Phi) is 8.45. The predicted molar refractivity (Wildman–Crippen MR) is 285 cm³/mol. The summed E-state index contributed by atoms with van der Waals surface area (Å²) in [6, 6.07) is 75.5. The molecule has 328 valence electrons. The van der Waals surface area contributed by atoms with Gasteiger partial charge in [0, 0.05) is 49.4 Å². The smallest absolute Gasteiger partial charge is 0.166 e. The van der Waals surface area contributed by atoms with Gasteiger partial charge < -0.3 is 13.4 Å². The van der Waals surface area contributed by atoms with Crippen molar-refractivity contribution in [1.82, 2.24) is 19.5 Å². The highest BCUT2D eigenvalue weighted by Gasteiger charge is 2.30. The molecule has 6 heteroatoms. The monoisotopic (exact) mass is 896 g/mol. The first-order valence-corrected chi connectivity index (χ1v) is 24.0. The van der Waals surface area contributed by atoms with E-state index in [1.807, 2.05) is 30.3 Å². The van der Waals surface area contributed by atoms with E-state index in [-0.39, 0.29) is 5.92 Å². The summed E-state index contributed by atoms with van der Waals surface area (Å²) in [7, 11) is 0. The standard InChI is InChI=1S/C64H40N4O2/c1-2-14-38(15-3-1)26-29-45-43-18-6-7-19-44(43)46-30-27-41(35-50(45)46)62-65-63(42-28-32-58-52(36-42)48-21-9-12-24-56(48)69-58)67-64(66-62)61-54(31-33-59-60(61)49-22-10-13-25-57(49)70-59)68-53-23-11-8-20-47(53)51-34-39-16-4-5-17-40(39)37-55(51)68/h1-25,27-28,30-37,45H,26,29H2. The maximum atomic E-state index is 6.69. The van der Waals surface area contributed by atoms with Gasteiger partial charge in [-0.05, 0) is 118 Å². The Balaban J connectivity index is 1.01. The molecule has 0 radical (unpaired) electrons. The molecule has 4 heterocycles. The molecule has 1 aliphatic rings. The van der Waals surface area contributed by atoms with Crippen LogP contribution in [0.3, 0.4) is 0 Å². The van der Waals surface area contributed by atoms with E-state index >= 15 is 0 Å². The van der Waals surface area contributed by atoms with Crippen molar-refractivity contribution in [2.45, 2.75) is 18.8 Å². The minimum absolute atomic E-state index is 0.216. The number of aromatic nitrogens is 4.